The monoisotopic (exact) mass is 370 g/mol. The fourth-order valence-corrected chi connectivity index (χ4v) is 2.26. The quantitative estimate of drug-likeness (QED) is 0.607. The van der Waals surface area contributed by atoms with Crippen molar-refractivity contribution in [3.63, 3.8) is 0 Å². The number of nitrogens with one attached hydrogen (secondary N) is 1. The second-order valence-electron chi connectivity index (χ2n) is 4.52. The van der Waals surface area contributed by atoms with E-state index in [1.807, 2.05) is 18.2 Å². The number of rotatable bonds is 6. The van der Waals surface area contributed by atoms with Crippen LogP contribution in [0.3, 0.4) is 0 Å². The maximum absolute atomic E-state index is 11.7. The van der Waals surface area contributed by atoms with E-state index in [-0.39, 0.29) is 12.5 Å². The first-order chi connectivity index (χ1) is 11.1. The molecule has 7 heteroatoms. The van der Waals surface area contributed by atoms with Crippen LogP contribution in [0.4, 0.5) is 0 Å². The molecule has 0 heterocycles. The number of nitrogens with zero attached hydrogens (tertiary/aromatic N) is 1. The van der Waals surface area contributed by atoms with Crippen LogP contribution in [-0.4, -0.2) is 18.7 Å². The molecule has 0 aliphatic carbocycles. The molecular weight excluding hydrogens is 359 g/mol. The van der Waals surface area contributed by atoms with Gasteiger partial charge in [-0.15, -0.1) is 0 Å². The lowest BCUT2D eigenvalue weighted by Gasteiger charge is -2.06. The SMILES string of the molecule is O=C(CO/N=C\c1cccc(Cl)c1Cl)NCc1ccccc1Cl. The number of carbonyl (C=O) groups is 1. The third-order valence-electron chi connectivity index (χ3n) is 2.88. The molecule has 0 saturated carbocycles. The Bertz CT molecular complexity index is 720. The Hall–Kier alpha value is -1.75. The molecule has 2 aromatic carbocycles. The lowest BCUT2D eigenvalue weighted by atomic mass is 10.2. The summed E-state index contributed by atoms with van der Waals surface area (Å²) in [5.41, 5.74) is 1.44. The summed E-state index contributed by atoms with van der Waals surface area (Å²) in [5, 5.41) is 7.79. The molecule has 0 aromatic heterocycles. The highest BCUT2D eigenvalue weighted by molar-refractivity contribution is 6.43. The molecule has 23 heavy (non-hydrogen) atoms. The molecule has 120 valence electrons. The van der Waals surface area contributed by atoms with Gasteiger partial charge in [-0.1, -0.05) is 70.3 Å². The van der Waals surface area contributed by atoms with Crippen molar-refractivity contribution in [1.29, 1.82) is 0 Å². The van der Waals surface area contributed by atoms with E-state index in [4.69, 9.17) is 39.6 Å². The molecule has 1 amide bonds. The van der Waals surface area contributed by atoms with Gasteiger partial charge >= 0.3 is 0 Å². The van der Waals surface area contributed by atoms with Crippen LogP contribution in [0.2, 0.25) is 15.1 Å². The minimum atomic E-state index is -0.306. The lowest BCUT2D eigenvalue weighted by molar-refractivity contribution is -0.125. The minimum Gasteiger partial charge on any atom is -0.386 e. The average Bonchev–Trinajstić information content (AvgIpc) is 2.54. The zero-order chi connectivity index (χ0) is 16.7. The van der Waals surface area contributed by atoms with Crippen LogP contribution >= 0.6 is 34.8 Å². The standard InChI is InChI=1S/C16H13Cl3N2O2/c17-13-6-2-1-4-11(13)8-20-15(22)10-23-21-9-12-5-3-7-14(18)16(12)19/h1-7,9H,8,10H2,(H,20,22)/b21-9-. The Morgan fingerprint density at radius 1 is 1.09 bits per heavy atom. The molecule has 0 fully saturated rings. The smallest absolute Gasteiger partial charge is 0.261 e. The molecular formula is C16H13Cl3N2O2. The lowest BCUT2D eigenvalue weighted by Crippen LogP contribution is -2.26. The Morgan fingerprint density at radius 3 is 2.61 bits per heavy atom. The van der Waals surface area contributed by atoms with Gasteiger partial charge in [-0.05, 0) is 17.7 Å². The Balaban J connectivity index is 1.78. The molecule has 0 radical (unpaired) electrons. The van der Waals surface area contributed by atoms with E-state index >= 15 is 0 Å². The number of halogens is 3. The van der Waals surface area contributed by atoms with Crippen LogP contribution in [-0.2, 0) is 16.2 Å². The minimum absolute atomic E-state index is 0.209. The van der Waals surface area contributed by atoms with Gasteiger partial charge in [0.15, 0.2) is 6.61 Å². The summed E-state index contributed by atoms with van der Waals surface area (Å²) in [6.45, 7) is 0.116. The van der Waals surface area contributed by atoms with Crippen molar-refractivity contribution in [2.45, 2.75) is 6.54 Å². The Morgan fingerprint density at radius 2 is 1.83 bits per heavy atom. The van der Waals surface area contributed by atoms with E-state index in [1.54, 1.807) is 24.3 Å². The summed E-state index contributed by atoms with van der Waals surface area (Å²) in [7, 11) is 0. The van der Waals surface area contributed by atoms with Gasteiger partial charge in [0, 0.05) is 17.1 Å². The summed E-state index contributed by atoms with van der Waals surface area (Å²) < 4.78 is 0. The largest absolute Gasteiger partial charge is 0.386 e. The van der Waals surface area contributed by atoms with Crippen molar-refractivity contribution in [3.05, 3.63) is 68.7 Å². The second kappa shape index (κ2) is 8.77. The third kappa shape index (κ3) is 5.43. The number of oxime groups is 1. The summed E-state index contributed by atoms with van der Waals surface area (Å²) in [4.78, 5) is 16.6. The highest BCUT2D eigenvalue weighted by Crippen LogP contribution is 2.24. The van der Waals surface area contributed by atoms with E-state index in [2.05, 4.69) is 10.5 Å². The Labute approximate surface area is 149 Å². The number of amides is 1. The number of benzene rings is 2. The van der Waals surface area contributed by atoms with Gasteiger partial charge < -0.3 is 10.2 Å². The van der Waals surface area contributed by atoms with Crippen molar-refractivity contribution < 1.29 is 9.63 Å². The van der Waals surface area contributed by atoms with E-state index in [0.29, 0.717) is 27.2 Å². The molecule has 0 spiro atoms. The highest BCUT2D eigenvalue weighted by Gasteiger charge is 2.04. The van der Waals surface area contributed by atoms with E-state index in [0.717, 1.165) is 5.56 Å². The maximum atomic E-state index is 11.7. The molecule has 0 saturated heterocycles. The van der Waals surface area contributed by atoms with Gasteiger partial charge in [0.25, 0.3) is 5.91 Å². The van der Waals surface area contributed by atoms with Crippen LogP contribution < -0.4 is 5.32 Å². The normalized spacial score (nSPS) is 10.7. The summed E-state index contributed by atoms with van der Waals surface area (Å²) in [5.74, 6) is -0.306. The molecule has 0 atom stereocenters. The van der Waals surface area contributed by atoms with Gasteiger partial charge in [-0.25, -0.2) is 0 Å². The molecule has 4 nitrogen and oxygen atoms in total. The van der Waals surface area contributed by atoms with Gasteiger partial charge in [0.05, 0.1) is 16.3 Å². The molecule has 0 unspecified atom stereocenters. The van der Waals surface area contributed by atoms with Crippen LogP contribution in [0, 0.1) is 0 Å². The van der Waals surface area contributed by atoms with Crippen LogP contribution in [0.25, 0.3) is 0 Å². The first kappa shape index (κ1) is 17.6. The predicted molar refractivity (Wildman–Crippen MR) is 93.3 cm³/mol. The van der Waals surface area contributed by atoms with Gasteiger partial charge in [0.2, 0.25) is 0 Å². The van der Waals surface area contributed by atoms with Crippen molar-refractivity contribution >= 4 is 46.9 Å². The van der Waals surface area contributed by atoms with Gasteiger partial charge in [-0.2, -0.15) is 0 Å². The first-order valence-corrected chi connectivity index (χ1v) is 7.81. The summed E-state index contributed by atoms with van der Waals surface area (Å²) in [6, 6.07) is 12.4. The molecule has 2 aromatic rings. The number of hydrogen-bond acceptors (Lipinski definition) is 3. The summed E-state index contributed by atoms with van der Waals surface area (Å²) in [6.07, 6.45) is 1.40. The molecule has 2 rings (SSSR count). The molecule has 0 aliphatic rings. The van der Waals surface area contributed by atoms with Crippen molar-refractivity contribution in [1.82, 2.24) is 5.32 Å². The van der Waals surface area contributed by atoms with Crippen LogP contribution in [0.1, 0.15) is 11.1 Å². The topological polar surface area (TPSA) is 50.7 Å². The van der Waals surface area contributed by atoms with Crippen LogP contribution in [0.15, 0.2) is 47.6 Å². The van der Waals surface area contributed by atoms with Crippen molar-refractivity contribution in [3.8, 4) is 0 Å². The van der Waals surface area contributed by atoms with E-state index in [9.17, 15) is 4.79 Å². The van der Waals surface area contributed by atoms with Crippen LogP contribution in [0.5, 0.6) is 0 Å². The zero-order valence-electron chi connectivity index (χ0n) is 11.9. The number of carbonyl (C=O) groups excluding carboxylic acids is 1. The fourth-order valence-electron chi connectivity index (χ4n) is 1.70. The van der Waals surface area contributed by atoms with E-state index < -0.39 is 0 Å². The fraction of sp³-hybridized carbons (Fsp3) is 0.125. The van der Waals surface area contributed by atoms with Crippen molar-refractivity contribution in [2.24, 2.45) is 5.16 Å². The summed E-state index contributed by atoms with van der Waals surface area (Å²) >= 11 is 17.9. The molecule has 1 N–H and O–H groups in total. The maximum Gasteiger partial charge on any atom is 0.261 e. The molecule has 0 bridgehead atoms. The van der Waals surface area contributed by atoms with E-state index in [1.165, 1.54) is 6.21 Å². The zero-order valence-corrected chi connectivity index (χ0v) is 14.2. The predicted octanol–water partition coefficient (Wildman–Crippen LogP) is 4.31. The van der Waals surface area contributed by atoms with Gasteiger partial charge in [-0.3, -0.25) is 4.79 Å². The first-order valence-electron chi connectivity index (χ1n) is 6.67. The Kier molecular flexibility index (Phi) is 6.71. The number of hydrogen-bond donors (Lipinski definition) is 1. The van der Waals surface area contributed by atoms with Crippen molar-refractivity contribution in [2.75, 3.05) is 6.61 Å². The average molecular weight is 372 g/mol. The molecule has 0 aliphatic heterocycles. The third-order valence-corrected chi connectivity index (χ3v) is 4.08. The highest BCUT2D eigenvalue weighted by atomic mass is 35.5. The van der Waals surface area contributed by atoms with Gasteiger partial charge in [0.1, 0.15) is 0 Å². The second-order valence-corrected chi connectivity index (χ2v) is 5.71.